The van der Waals surface area contributed by atoms with E-state index in [0.29, 0.717) is 17.8 Å². The smallest absolute Gasteiger partial charge is 0.255 e. The third-order valence-corrected chi connectivity index (χ3v) is 6.57. The fraction of sp³-hybridized carbons (Fsp3) is 0.296. The highest BCUT2D eigenvalue weighted by Gasteiger charge is 2.41. The van der Waals surface area contributed by atoms with Gasteiger partial charge in [0.25, 0.3) is 5.91 Å². The van der Waals surface area contributed by atoms with Crippen LogP contribution in [-0.4, -0.2) is 34.3 Å². The van der Waals surface area contributed by atoms with Gasteiger partial charge in [-0.1, -0.05) is 24.3 Å². The Balaban J connectivity index is 1.47. The summed E-state index contributed by atoms with van der Waals surface area (Å²) in [6, 6.07) is 16.2. The maximum Gasteiger partial charge on any atom is 0.255 e. The Labute approximate surface area is 199 Å². The van der Waals surface area contributed by atoms with Crippen LogP contribution in [0, 0.1) is 5.82 Å². The lowest BCUT2D eigenvalue weighted by molar-refractivity contribution is -0.137. The zero-order chi connectivity index (χ0) is 24.3. The van der Waals surface area contributed by atoms with E-state index >= 15 is 0 Å². The topological polar surface area (TPSA) is 88.3 Å². The van der Waals surface area contributed by atoms with Crippen molar-refractivity contribution in [2.75, 3.05) is 11.9 Å². The van der Waals surface area contributed by atoms with E-state index in [1.165, 1.54) is 12.1 Å². The Morgan fingerprint density at radius 1 is 1.06 bits per heavy atom. The van der Waals surface area contributed by atoms with Crippen molar-refractivity contribution in [2.45, 2.75) is 44.2 Å². The maximum atomic E-state index is 13.5. The van der Waals surface area contributed by atoms with E-state index in [1.54, 1.807) is 48.8 Å². The summed E-state index contributed by atoms with van der Waals surface area (Å²) in [7, 11) is 0. The minimum absolute atomic E-state index is 0.0228. The number of aromatic nitrogens is 1. The predicted octanol–water partition coefficient (Wildman–Crippen LogP) is 4.44. The van der Waals surface area contributed by atoms with Crippen molar-refractivity contribution in [3.8, 4) is 0 Å². The van der Waals surface area contributed by atoms with Crippen molar-refractivity contribution in [3.05, 3.63) is 95.6 Å². The summed E-state index contributed by atoms with van der Waals surface area (Å²) < 4.78 is 13.4. The fourth-order valence-electron chi connectivity index (χ4n) is 4.48. The van der Waals surface area contributed by atoms with E-state index in [2.05, 4.69) is 10.3 Å². The minimum atomic E-state index is -0.801. The number of halogens is 1. The molecular weight excluding hydrogens is 431 g/mol. The summed E-state index contributed by atoms with van der Waals surface area (Å²) in [5.41, 5.74) is 8.65. The summed E-state index contributed by atoms with van der Waals surface area (Å²) in [4.78, 5) is 31.9. The third kappa shape index (κ3) is 4.84. The molecule has 1 fully saturated rings. The number of pyridine rings is 1. The van der Waals surface area contributed by atoms with Crippen LogP contribution in [0.15, 0.2) is 73.1 Å². The van der Waals surface area contributed by atoms with Gasteiger partial charge in [0.15, 0.2) is 0 Å². The van der Waals surface area contributed by atoms with Gasteiger partial charge in [-0.25, -0.2) is 4.39 Å². The Morgan fingerprint density at radius 3 is 2.35 bits per heavy atom. The van der Waals surface area contributed by atoms with Gasteiger partial charge in [0.05, 0.1) is 17.5 Å². The monoisotopic (exact) mass is 460 g/mol. The van der Waals surface area contributed by atoms with Crippen LogP contribution in [0.2, 0.25) is 0 Å². The molecule has 4 rings (SSSR count). The molecule has 176 valence electrons. The second-order valence-electron chi connectivity index (χ2n) is 9.18. The average molecular weight is 461 g/mol. The first-order valence-corrected chi connectivity index (χ1v) is 11.4. The molecule has 2 amide bonds. The molecular formula is C27H29FN4O2. The largest absolute Gasteiger partial charge is 0.337 e. The number of likely N-dealkylation sites (tertiary alicyclic amines) is 1. The predicted molar refractivity (Wildman–Crippen MR) is 130 cm³/mol. The number of hydrogen-bond donors (Lipinski definition) is 2. The molecule has 3 N–H and O–H groups in total. The van der Waals surface area contributed by atoms with Crippen molar-refractivity contribution in [3.63, 3.8) is 0 Å². The molecule has 1 aliphatic heterocycles. The molecule has 0 radical (unpaired) electrons. The molecule has 1 aliphatic rings. The first kappa shape index (κ1) is 23.6. The number of nitrogens with two attached hydrogens (primary N) is 1. The highest BCUT2D eigenvalue weighted by atomic mass is 19.1. The lowest BCUT2D eigenvalue weighted by Gasteiger charge is -2.36. The van der Waals surface area contributed by atoms with Gasteiger partial charge in [-0.2, -0.15) is 0 Å². The van der Waals surface area contributed by atoms with Crippen LogP contribution in [0.4, 0.5) is 10.1 Å². The van der Waals surface area contributed by atoms with E-state index < -0.39 is 5.41 Å². The molecule has 2 heterocycles. The molecule has 0 aliphatic carbocycles. The van der Waals surface area contributed by atoms with Crippen molar-refractivity contribution in [1.82, 2.24) is 9.88 Å². The molecule has 2 aromatic carbocycles. The number of carbonyl (C=O) groups is 2. The average Bonchev–Trinajstić information content (AvgIpc) is 3.34. The first-order valence-electron chi connectivity index (χ1n) is 11.4. The molecule has 0 saturated carbocycles. The van der Waals surface area contributed by atoms with E-state index in [4.69, 9.17) is 5.73 Å². The number of rotatable bonds is 6. The number of carbonyl (C=O) groups excluding carboxylic acids is 2. The van der Waals surface area contributed by atoms with Gasteiger partial charge >= 0.3 is 0 Å². The number of anilines is 1. The van der Waals surface area contributed by atoms with Crippen LogP contribution in [0.5, 0.6) is 0 Å². The lowest BCUT2D eigenvalue weighted by atomic mass is 9.82. The van der Waals surface area contributed by atoms with Gasteiger partial charge in [-0.15, -0.1) is 0 Å². The van der Waals surface area contributed by atoms with Crippen LogP contribution < -0.4 is 11.1 Å². The Bertz CT molecular complexity index is 1150. The van der Waals surface area contributed by atoms with Crippen molar-refractivity contribution < 1.29 is 14.0 Å². The minimum Gasteiger partial charge on any atom is -0.337 e. The van der Waals surface area contributed by atoms with Crippen molar-refractivity contribution in [1.29, 1.82) is 0 Å². The maximum absolute atomic E-state index is 13.5. The molecule has 3 aromatic rings. The fourth-order valence-corrected chi connectivity index (χ4v) is 4.48. The van der Waals surface area contributed by atoms with Crippen LogP contribution >= 0.6 is 0 Å². The standard InChI is InChI=1S/C27H29FN4O2/c1-27(2,20-9-11-21(28)12-10-20)26(34)32-17-3-4-23(32)24(29)18-5-7-19(8-6-18)25(33)31-22-13-15-30-16-14-22/h5-16,23-24H,3-4,17,29H2,1-2H3,(H,30,31,33)/t23-,24+/m0/s1. The number of hydrogen-bond acceptors (Lipinski definition) is 4. The summed E-state index contributed by atoms with van der Waals surface area (Å²) in [6.07, 6.45) is 4.90. The number of nitrogens with zero attached hydrogens (tertiary/aromatic N) is 2. The molecule has 1 saturated heterocycles. The van der Waals surface area contributed by atoms with Gasteiger partial charge in [-0.3, -0.25) is 14.6 Å². The number of amides is 2. The molecule has 1 aromatic heterocycles. The second-order valence-corrected chi connectivity index (χ2v) is 9.18. The zero-order valence-corrected chi connectivity index (χ0v) is 19.4. The number of benzene rings is 2. The molecule has 0 spiro atoms. The number of nitrogens with one attached hydrogen (secondary N) is 1. The van der Waals surface area contributed by atoms with Crippen molar-refractivity contribution >= 4 is 17.5 Å². The van der Waals surface area contributed by atoms with Gasteiger partial charge < -0.3 is 16.0 Å². The van der Waals surface area contributed by atoms with Gasteiger partial charge in [0.2, 0.25) is 5.91 Å². The van der Waals surface area contributed by atoms with E-state index in [0.717, 1.165) is 24.0 Å². The van der Waals surface area contributed by atoms with Crippen molar-refractivity contribution in [2.24, 2.45) is 5.73 Å². The molecule has 2 atom stereocenters. The molecule has 0 unspecified atom stereocenters. The van der Waals surface area contributed by atoms with Gasteiger partial charge in [0, 0.05) is 30.2 Å². The Hall–Kier alpha value is -3.58. The summed E-state index contributed by atoms with van der Waals surface area (Å²) >= 11 is 0. The Morgan fingerprint density at radius 2 is 1.71 bits per heavy atom. The SMILES string of the molecule is CC(C)(C(=O)N1CCC[C@H]1[C@H](N)c1ccc(C(=O)Nc2ccncc2)cc1)c1ccc(F)cc1. The van der Waals surface area contributed by atoms with Gasteiger partial charge in [0.1, 0.15) is 5.82 Å². The highest BCUT2D eigenvalue weighted by molar-refractivity contribution is 6.04. The summed E-state index contributed by atoms with van der Waals surface area (Å²) in [5, 5.41) is 2.83. The third-order valence-electron chi connectivity index (χ3n) is 6.57. The van der Waals surface area contributed by atoms with E-state index in [1.807, 2.05) is 30.9 Å². The lowest BCUT2D eigenvalue weighted by Crippen LogP contribution is -2.49. The summed E-state index contributed by atoms with van der Waals surface area (Å²) in [6.45, 7) is 4.35. The van der Waals surface area contributed by atoms with Crippen LogP contribution in [0.25, 0.3) is 0 Å². The van der Waals surface area contributed by atoms with E-state index in [9.17, 15) is 14.0 Å². The first-order chi connectivity index (χ1) is 16.3. The highest BCUT2D eigenvalue weighted by Crippen LogP contribution is 2.34. The zero-order valence-electron chi connectivity index (χ0n) is 19.4. The second kappa shape index (κ2) is 9.73. The van der Waals surface area contributed by atoms with Crippen LogP contribution in [-0.2, 0) is 10.2 Å². The summed E-state index contributed by atoms with van der Waals surface area (Å²) in [5.74, 6) is -0.568. The Kier molecular flexibility index (Phi) is 6.75. The normalized spacial score (nSPS) is 16.8. The van der Waals surface area contributed by atoms with Crippen LogP contribution in [0.1, 0.15) is 54.2 Å². The van der Waals surface area contributed by atoms with Crippen LogP contribution in [0.3, 0.4) is 0 Å². The quantitative estimate of drug-likeness (QED) is 0.569. The molecule has 6 nitrogen and oxygen atoms in total. The molecule has 7 heteroatoms. The van der Waals surface area contributed by atoms with E-state index in [-0.39, 0.29) is 29.7 Å². The molecule has 0 bridgehead atoms. The van der Waals surface area contributed by atoms with Gasteiger partial charge in [-0.05, 0) is 74.2 Å². The molecule has 34 heavy (non-hydrogen) atoms.